The molecule has 3 aromatic rings. The number of nitriles is 1. The summed E-state index contributed by atoms with van der Waals surface area (Å²) in [6.07, 6.45) is 1.77. The highest BCUT2D eigenvalue weighted by Crippen LogP contribution is 2.35. The number of carbonyl (C=O) groups excluding carboxylic acids is 2. The van der Waals surface area contributed by atoms with Crippen molar-refractivity contribution in [1.82, 2.24) is 4.90 Å². The Hall–Kier alpha value is -4.55. The van der Waals surface area contributed by atoms with Crippen molar-refractivity contribution in [2.45, 2.75) is 13.5 Å². The summed E-state index contributed by atoms with van der Waals surface area (Å²) in [5.74, 6) is 0.429. The number of likely N-dealkylation sites (N-methyl/N-ethyl adjacent to an activating group) is 1. The van der Waals surface area contributed by atoms with Gasteiger partial charge in [-0.15, -0.1) is 0 Å². The maximum Gasteiger partial charge on any atom is 0.337 e. The molecule has 1 aliphatic heterocycles. The van der Waals surface area contributed by atoms with Crippen LogP contribution in [0.2, 0.25) is 0 Å². The van der Waals surface area contributed by atoms with Crippen molar-refractivity contribution in [3.05, 3.63) is 93.9 Å². The van der Waals surface area contributed by atoms with E-state index >= 15 is 0 Å². The fourth-order valence-corrected chi connectivity index (χ4v) is 4.63. The van der Waals surface area contributed by atoms with Crippen LogP contribution in [0.25, 0.3) is 6.08 Å². The van der Waals surface area contributed by atoms with E-state index in [4.69, 9.17) is 14.2 Å². The van der Waals surface area contributed by atoms with Gasteiger partial charge in [-0.2, -0.15) is 5.26 Å². The predicted octanol–water partition coefficient (Wildman–Crippen LogP) is 5.56. The first-order valence-corrected chi connectivity index (χ1v) is 12.6. The number of methoxy groups -OCH3 is 1. The zero-order valence-corrected chi connectivity index (χ0v) is 22.0. The summed E-state index contributed by atoms with van der Waals surface area (Å²) in [5, 5.41) is 9.81. The second-order valence-electron chi connectivity index (χ2n) is 8.11. The Bertz CT molecular complexity index is 1480. The minimum Gasteiger partial charge on any atom is -0.490 e. The van der Waals surface area contributed by atoms with Crippen LogP contribution in [-0.4, -0.2) is 42.7 Å². The van der Waals surface area contributed by atoms with E-state index in [1.807, 2.05) is 37.3 Å². The highest BCUT2D eigenvalue weighted by Gasteiger charge is 2.30. The van der Waals surface area contributed by atoms with Gasteiger partial charge in [-0.05, 0) is 66.7 Å². The number of hydrogen-bond acceptors (Lipinski definition) is 8. The molecule has 0 aromatic heterocycles. The molecule has 0 spiro atoms. The second-order valence-corrected chi connectivity index (χ2v) is 9.12. The number of amidine groups is 1. The summed E-state index contributed by atoms with van der Waals surface area (Å²) in [4.78, 5) is 31.3. The molecule has 0 N–H and O–H groups in total. The normalized spacial score (nSPS) is 15.0. The molecular weight excluding hydrogens is 502 g/mol. The van der Waals surface area contributed by atoms with Crippen molar-refractivity contribution in [2.24, 2.45) is 4.99 Å². The van der Waals surface area contributed by atoms with Gasteiger partial charge in [0.1, 0.15) is 6.61 Å². The molecular formula is C29H25N3O5S. The quantitative estimate of drug-likeness (QED) is 0.279. The molecule has 0 radical (unpaired) electrons. The van der Waals surface area contributed by atoms with Gasteiger partial charge in [-0.25, -0.2) is 9.79 Å². The van der Waals surface area contributed by atoms with Crippen LogP contribution in [0.15, 0.2) is 76.6 Å². The molecule has 3 aromatic carbocycles. The molecule has 0 bridgehead atoms. The fraction of sp³-hybridized carbons (Fsp3) is 0.172. The lowest BCUT2D eigenvalue weighted by atomic mass is 10.1. The average molecular weight is 528 g/mol. The van der Waals surface area contributed by atoms with Crippen LogP contribution in [0.1, 0.15) is 34.0 Å². The number of carbonyl (C=O) groups is 2. The summed E-state index contributed by atoms with van der Waals surface area (Å²) in [5.41, 5.74) is 3.01. The first kappa shape index (κ1) is 26.5. The lowest BCUT2D eigenvalue weighted by Gasteiger charge is -2.13. The maximum absolute atomic E-state index is 12.9. The van der Waals surface area contributed by atoms with Crippen molar-refractivity contribution >= 4 is 40.6 Å². The lowest BCUT2D eigenvalue weighted by Crippen LogP contribution is -2.23. The van der Waals surface area contributed by atoms with E-state index < -0.39 is 5.97 Å². The third-order valence-corrected chi connectivity index (χ3v) is 6.64. The Morgan fingerprint density at radius 1 is 1.08 bits per heavy atom. The molecule has 8 nitrogen and oxygen atoms in total. The van der Waals surface area contributed by atoms with Gasteiger partial charge in [0.05, 0.1) is 41.5 Å². The number of benzene rings is 3. The molecule has 192 valence electrons. The van der Waals surface area contributed by atoms with E-state index in [1.54, 1.807) is 49.5 Å². The minimum atomic E-state index is -0.456. The number of nitrogens with zero attached hydrogens (tertiary/aromatic N) is 3. The fourth-order valence-electron chi connectivity index (χ4n) is 3.65. The Morgan fingerprint density at radius 2 is 1.89 bits per heavy atom. The van der Waals surface area contributed by atoms with Gasteiger partial charge in [0.2, 0.25) is 0 Å². The standard InChI is InChI=1S/C29H25N3O5S/c1-4-36-25-14-19(12-13-24(25)37-18-22-9-6-5-8-21(22)17-30)15-26-27(33)32(2)29(38-26)31-23-11-7-10-20(16-23)28(34)35-3/h5-16H,4,18H2,1-3H3. The van der Waals surface area contributed by atoms with Crippen LogP contribution in [0.5, 0.6) is 11.5 Å². The first-order valence-electron chi connectivity index (χ1n) is 11.8. The number of hydrogen-bond donors (Lipinski definition) is 0. The van der Waals surface area contributed by atoms with Crippen LogP contribution >= 0.6 is 11.8 Å². The van der Waals surface area contributed by atoms with E-state index in [-0.39, 0.29) is 12.5 Å². The summed E-state index contributed by atoms with van der Waals surface area (Å²) in [6.45, 7) is 2.53. The molecule has 1 heterocycles. The highest BCUT2D eigenvalue weighted by atomic mass is 32.2. The number of thioether (sulfide) groups is 1. The van der Waals surface area contributed by atoms with Gasteiger partial charge >= 0.3 is 5.97 Å². The van der Waals surface area contributed by atoms with E-state index in [0.717, 1.165) is 11.1 Å². The summed E-state index contributed by atoms with van der Waals surface area (Å²) in [7, 11) is 2.97. The molecule has 0 unspecified atom stereocenters. The van der Waals surface area contributed by atoms with Crippen LogP contribution in [0.3, 0.4) is 0 Å². The molecule has 1 amide bonds. The second kappa shape index (κ2) is 12.1. The Morgan fingerprint density at radius 3 is 2.66 bits per heavy atom. The number of amides is 1. The van der Waals surface area contributed by atoms with Crippen molar-refractivity contribution in [3.63, 3.8) is 0 Å². The number of aliphatic imine (C=N–C) groups is 1. The van der Waals surface area contributed by atoms with Crippen LogP contribution < -0.4 is 9.47 Å². The highest BCUT2D eigenvalue weighted by molar-refractivity contribution is 8.18. The smallest absolute Gasteiger partial charge is 0.337 e. The lowest BCUT2D eigenvalue weighted by molar-refractivity contribution is -0.121. The molecule has 0 atom stereocenters. The Labute approximate surface area is 225 Å². The molecule has 1 fully saturated rings. The van der Waals surface area contributed by atoms with Crippen LogP contribution in [0.4, 0.5) is 5.69 Å². The van der Waals surface area contributed by atoms with E-state index in [1.165, 1.54) is 23.8 Å². The zero-order chi connectivity index (χ0) is 27.1. The van der Waals surface area contributed by atoms with Crippen LogP contribution in [0, 0.1) is 11.3 Å². The summed E-state index contributed by atoms with van der Waals surface area (Å²) >= 11 is 1.24. The Kier molecular flexibility index (Phi) is 8.46. The topological polar surface area (TPSA) is 101 Å². The molecule has 38 heavy (non-hydrogen) atoms. The van der Waals surface area contributed by atoms with Gasteiger partial charge in [-0.1, -0.05) is 30.3 Å². The maximum atomic E-state index is 12.9. The van der Waals surface area contributed by atoms with E-state index in [9.17, 15) is 14.9 Å². The van der Waals surface area contributed by atoms with E-state index in [0.29, 0.717) is 45.0 Å². The minimum absolute atomic E-state index is 0.190. The van der Waals surface area contributed by atoms with Gasteiger partial charge in [0.25, 0.3) is 5.91 Å². The summed E-state index contributed by atoms with van der Waals surface area (Å²) < 4.78 is 16.5. The summed E-state index contributed by atoms with van der Waals surface area (Å²) in [6, 6.07) is 21.6. The molecule has 1 aliphatic rings. The largest absolute Gasteiger partial charge is 0.490 e. The molecule has 0 saturated carbocycles. The number of ether oxygens (including phenoxy) is 3. The van der Waals surface area contributed by atoms with Crippen molar-refractivity contribution in [3.8, 4) is 17.6 Å². The van der Waals surface area contributed by atoms with Gasteiger partial charge in [0.15, 0.2) is 16.7 Å². The third kappa shape index (κ3) is 6.05. The monoisotopic (exact) mass is 527 g/mol. The third-order valence-electron chi connectivity index (χ3n) is 5.58. The predicted molar refractivity (Wildman–Crippen MR) is 146 cm³/mol. The SMILES string of the molecule is CCOc1cc(C=C2SC(=Nc3cccc(C(=O)OC)c3)N(C)C2=O)ccc1OCc1ccccc1C#N. The Balaban J connectivity index is 1.55. The van der Waals surface area contributed by atoms with Gasteiger partial charge < -0.3 is 14.2 Å². The number of esters is 1. The van der Waals surface area contributed by atoms with Gasteiger partial charge in [-0.3, -0.25) is 9.69 Å². The van der Waals surface area contributed by atoms with Crippen LogP contribution in [-0.2, 0) is 16.1 Å². The molecule has 1 saturated heterocycles. The van der Waals surface area contributed by atoms with Crippen molar-refractivity contribution < 1.29 is 23.8 Å². The van der Waals surface area contributed by atoms with Crippen molar-refractivity contribution in [1.29, 1.82) is 5.26 Å². The van der Waals surface area contributed by atoms with Gasteiger partial charge in [0, 0.05) is 12.6 Å². The molecule has 0 aliphatic carbocycles. The first-order chi connectivity index (χ1) is 18.4. The zero-order valence-electron chi connectivity index (χ0n) is 21.1. The molecule has 9 heteroatoms. The average Bonchev–Trinajstić information content (AvgIpc) is 3.20. The number of rotatable bonds is 8. The van der Waals surface area contributed by atoms with Crippen molar-refractivity contribution in [2.75, 3.05) is 20.8 Å². The molecule has 4 rings (SSSR count). The van der Waals surface area contributed by atoms with E-state index in [2.05, 4.69) is 11.1 Å².